The maximum Gasteiger partial charge on any atom is 0.143 e. The van der Waals surface area contributed by atoms with E-state index in [1.165, 1.54) is 79.2 Å². The van der Waals surface area contributed by atoms with Crippen LogP contribution in [0.4, 0.5) is 0 Å². The van der Waals surface area contributed by atoms with E-state index in [2.05, 4.69) is 22.9 Å². The fourth-order valence-electron chi connectivity index (χ4n) is 3.36. The second-order valence-electron chi connectivity index (χ2n) is 9.03. The van der Waals surface area contributed by atoms with Crippen LogP contribution < -0.4 is 16.0 Å². The summed E-state index contributed by atoms with van der Waals surface area (Å²) in [6.45, 7) is 11.3. The summed E-state index contributed by atoms with van der Waals surface area (Å²) in [6, 6.07) is 0. The summed E-state index contributed by atoms with van der Waals surface area (Å²) < 4.78 is 0. The van der Waals surface area contributed by atoms with Gasteiger partial charge in [0.05, 0.1) is 5.41 Å². The monoisotopic (exact) mass is 485 g/mol. The molecule has 0 aromatic carbocycles. The van der Waals surface area contributed by atoms with Crippen molar-refractivity contribution < 1.29 is 19.2 Å². The Labute approximate surface area is 210 Å². The van der Waals surface area contributed by atoms with Gasteiger partial charge in [-0.3, -0.25) is 9.59 Å². The fourth-order valence-corrected chi connectivity index (χ4v) is 3.36. The van der Waals surface area contributed by atoms with Crippen molar-refractivity contribution in [3.63, 3.8) is 0 Å². The molecule has 0 saturated carbocycles. The van der Waals surface area contributed by atoms with Crippen LogP contribution in [0.1, 0.15) is 105 Å². The van der Waals surface area contributed by atoms with Gasteiger partial charge in [0, 0.05) is 12.8 Å². The van der Waals surface area contributed by atoms with E-state index in [0.29, 0.717) is 0 Å². The molecule has 0 heterocycles. The third kappa shape index (κ3) is 23.7. The van der Waals surface area contributed by atoms with E-state index >= 15 is 0 Å². The number of carbonyl (C=O) groups is 4. The highest BCUT2D eigenvalue weighted by atomic mass is 16.2. The molecule has 0 aromatic rings. The molecule has 0 aliphatic rings. The minimum atomic E-state index is -1.16. The second-order valence-corrected chi connectivity index (χ2v) is 9.03. The first-order chi connectivity index (χ1) is 16.0. The Balaban J connectivity index is -0.000000474. The lowest BCUT2D eigenvalue weighted by Gasteiger charge is -2.27. The van der Waals surface area contributed by atoms with Crippen LogP contribution in [0.3, 0.4) is 0 Å². The first-order valence-electron chi connectivity index (χ1n) is 13.0. The van der Waals surface area contributed by atoms with Crippen molar-refractivity contribution in [1.29, 1.82) is 0 Å². The van der Waals surface area contributed by atoms with Gasteiger partial charge >= 0.3 is 0 Å². The van der Waals surface area contributed by atoms with Crippen LogP contribution in [0.15, 0.2) is 0 Å². The molecule has 0 rings (SSSR count). The van der Waals surface area contributed by atoms with E-state index in [4.69, 9.17) is 0 Å². The highest BCUT2D eigenvalue weighted by Crippen LogP contribution is 2.32. The number of rotatable bonds is 19. The second kappa shape index (κ2) is 26.2. The highest BCUT2D eigenvalue weighted by molar-refractivity contribution is 6.05. The molecule has 34 heavy (non-hydrogen) atoms. The Kier molecular flexibility index (Phi) is 28.6. The normalized spacial score (nSPS) is 10.5. The molecule has 0 aliphatic carbocycles. The minimum absolute atomic E-state index is 0.0558. The van der Waals surface area contributed by atoms with Gasteiger partial charge in [0.2, 0.25) is 0 Å². The summed E-state index contributed by atoms with van der Waals surface area (Å²) in [5, 5.41) is 9.37. The maximum absolute atomic E-state index is 11.7. The molecule has 0 saturated heterocycles. The lowest BCUT2D eigenvalue weighted by atomic mass is 9.72. The van der Waals surface area contributed by atoms with Gasteiger partial charge in [-0.15, -0.1) is 0 Å². The zero-order chi connectivity index (χ0) is 26.8. The van der Waals surface area contributed by atoms with Crippen molar-refractivity contribution >= 4 is 23.1 Å². The summed E-state index contributed by atoms with van der Waals surface area (Å²) in [6.07, 6.45) is 10.2. The predicted octanol–water partition coefficient (Wildman–Crippen LogP) is 4.27. The lowest BCUT2D eigenvalue weighted by Crippen LogP contribution is -2.37. The van der Waals surface area contributed by atoms with Gasteiger partial charge in [0.1, 0.15) is 23.1 Å². The van der Waals surface area contributed by atoms with Crippen molar-refractivity contribution in [2.45, 2.75) is 105 Å². The Hall–Kier alpha value is -1.44. The highest BCUT2D eigenvalue weighted by Gasteiger charge is 2.39. The van der Waals surface area contributed by atoms with Crippen molar-refractivity contribution in [2.75, 3.05) is 40.8 Å². The third-order valence-electron chi connectivity index (χ3n) is 5.79. The van der Waals surface area contributed by atoms with Gasteiger partial charge < -0.3 is 25.5 Å². The molecule has 0 unspecified atom stereocenters. The maximum atomic E-state index is 11.7. The van der Waals surface area contributed by atoms with Crippen LogP contribution in [0, 0.1) is 5.41 Å². The molecule has 0 fully saturated rings. The molecule has 3 N–H and O–H groups in total. The predicted molar refractivity (Wildman–Crippen MR) is 143 cm³/mol. The number of hydrogen-bond acceptors (Lipinski definition) is 7. The average Bonchev–Trinajstić information content (AvgIpc) is 2.77. The Morgan fingerprint density at radius 1 is 0.559 bits per heavy atom. The molecule has 0 aromatic heterocycles. The van der Waals surface area contributed by atoms with Gasteiger partial charge in [0.15, 0.2) is 0 Å². The molecule has 0 spiro atoms. The van der Waals surface area contributed by atoms with E-state index < -0.39 is 5.41 Å². The number of carbonyl (C=O) groups excluding carboxylic acids is 4. The summed E-state index contributed by atoms with van der Waals surface area (Å²) in [7, 11) is 6.00. The molecule has 0 radical (unpaired) electrons. The molecule has 0 bridgehead atoms. The van der Waals surface area contributed by atoms with Crippen molar-refractivity contribution in [3.8, 4) is 0 Å². The van der Waals surface area contributed by atoms with Crippen LogP contribution in [0.25, 0.3) is 0 Å². The molecule has 0 amide bonds. The van der Waals surface area contributed by atoms with Crippen LogP contribution in [-0.2, 0) is 19.2 Å². The number of ketones is 4. The molecule has 7 heteroatoms. The van der Waals surface area contributed by atoms with Gasteiger partial charge in [-0.05, 0) is 101 Å². The van der Waals surface area contributed by atoms with Crippen LogP contribution in [-0.4, -0.2) is 63.9 Å². The number of nitrogens with one attached hydrogen (secondary N) is 3. The van der Waals surface area contributed by atoms with Crippen LogP contribution in [0.2, 0.25) is 0 Å². The van der Waals surface area contributed by atoms with E-state index in [9.17, 15) is 19.2 Å². The van der Waals surface area contributed by atoms with Gasteiger partial charge in [-0.2, -0.15) is 0 Å². The average molecular weight is 486 g/mol. The molecular weight excluding hydrogens is 430 g/mol. The van der Waals surface area contributed by atoms with Crippen molar-refractivity contribution in [1.82, 2.24) is 16.0 Å². The number of unbranched alkanes of at least 4 members (excludes halogenated alkanes) is 5. The van der Waals surface area contributed by atoms with Crippen molar-refractivity contribution in [2.24, 2.45) is 5.41 Å². The molecule has 202 valence electrons. The van der Waals surface area contributed by atoms with Gasteiger partial charge in [0.25, 0.3) is 0 Å². The summed E-state index contributed by atoms with van der Waals surface area (Å²) >= 11 is 0. The zero-order valence-electron chi connectivity index (χ0n) is 23.5. The van der Waals surface area contributed by atoms with Crippen LogP contribution >= 0.6 is 0 Å². The smallest absolute Gasteiger partial charge is 0.143 e. The summed E-state index contributed by atoms with van der Waals surface area (Å²) in [4.78, 5) is 45.3. The largest absolute Gasteiger partial charge is 0.320 e. The Morgan fingerprint density at radius 3 is 1.12 bits per heavy atom. The first-order valence-corrected chi connectivity index (χ1v) is 13.0. The van der Waals surface area contributed by atoms with E-state index in [-0.39, 0.29) is 48.8 Å². The Morgan fingerprint density at radius 2 is 0.882 bits per heavy atom. The van der Waals surface area contributed by atoms with Gasteiger partial charge in [-0.25, -0.2) is 0 Å². The third-order valence-corrected chi connectivity index (χ3v) is 5.79. The standard InChI is InChI=1S/C13H20O4.C7H18N2.C7H17N/c1-9(14)5-7-13(11(3)16,12(4)17)8-6-10(2)15;1-8-6-4-3-5-7-9-2;1-3-4-5-6-7-8-2/h5-8H2,1-4H3;8-9H,3-7H2,1-2H3;8H,3-7H2,1-2H3. The lowest BCUT2D eigenvalue weighted by molar-refractivity contribution is -0.140. The van der Waals surface area contributed by atoms with Gasteiger partial charge in [-0.1, -0.05) is 32.6 Å². The summed E-state index contributed by atoms with van der Waals surface area (Å²) in [5.74, 6) is -0.626. The van der Waals surface area contributed by atoms with E-state index in [1.807, 2.05) is 21.1 Å². The molecule has 0 aliphatic heterocycles. The van der Waals surface area contributed by atoms with Crippen molar-refractivity contribution in [3.05, 3.63) is 0 Å². The zero-order valence-corrected chi connectivity index (χ0v) is 23.5. The van der Waals surface area contributed by atoms with E-state index in [0.717, 1.165) is 13.1 Å². The quantitative estimate of drug-likeness (QED) is 0.185. The fraction of sp³-hybridized carbons (Fsp3) is 0.852. The number of Topliss-reactive ketones (excluding diaryl/α,β-unsaturated/α-hetero) is 4. The number of hydrogen-bond donors (Lipinski definition) is 3. The first kappa shape index (κ1) is 37.1. The molecular formula is C27H55N3O4. The van der Waals surface area contributed by atoms with Crippen LogP contribution in [0.5, 0.6) is 0 Å². The summed E-state index contributed by atoms with van der Waals surface area (Å²) in [5.41, 5.74) is -1.16. The Bertz CT molecular complexity index is 490. The van der Waals surface area contributed by atoms with E-state index in [1.54, 1.807) is 0 Å². The molecule has 0 atom stereocenters. The topological polar surface area (TPSA) is 104 Å². The molecule has 7 nitrogen and oxygen atoms in total. The minimum Gasteiger partial charge on any atom is -0.320 e. The SMILES string of the molecule is CC(=O)CCC(CCC(C)=O)(C(C)=O)C(C)=O.CCCCCCNC.CNCCCCCNC.